The maximum Gasteiger partial charge on any atom is 0.224 e. The van der Waals surface area contributed by atoms with Crippen LogP contribution in [0.15, 0.2) is 24.3 Å². The third-order valence-electron chi connectivity index (χ3n) is 2.64. The maximum atomic E-state index is 11.7. The van der Waals surface area contributed by atoms with Gasteiger partial charge in [0, 0.05) is 6.54 Å². The van der Waals surface area contributed by atoms with Crippen molar-refractivity contribution in [2.24, 2.45) is 5.92 Å². The molecule has 0 aliphatic heterocycles. The molecule has 0 aliphatic rings. The number of amides is 1. The van der Waals surface area contributed by atoms with Crippen LogP contribution in [-0.2, 0) is 11.2 Å². The molecule has 0 unspecified atom stereocenters. The Morgan fingerprint density at radius 2 is 1.94 bits per heavy atom. The Balaban J connectivity index is 2.35. The van der Waals surface area contributed by atoms with Crippen molar-refractivity contribution in [3.63, 3.8) is 0 Å². The van der Waals surface area contributed by atoms with Gasteiger partial charge in [-0.25, -0.2) is 0 Å². The Bertz CT molecular complexity index is 357. The molecule has 0 spiro atoms. The molecule has 0 saturated heterocycles. The van der Waals surface area contributed by atoms with Crippen LogP contribution < -0.4 is 10.1 Å². The molecule has 0 bridgehead atoms. The van der Waals surface area contributed by atoms with Crippen LogP contribution in [0.3, 0.4) is 0 Å². The molecule has 0 aliphatic carbocycles. The van der Waals surface area contributed by atoms with Gasteiger partial charge in [-0.2, -0.15) is 0 Å². The summed E-state index contributed by atoms with van der Waals surface area (Å²) in [6.45, 7) is 7.68. The van der Waals surface area contributed by atoms with E-state index in [9.17, 15) is 4.79 Å². The Labute approximate surface area is 110 Å². The summed E-state index contributed by atoms with van der Waals surface area (Å²) >= 11 is 0. The lowest BCUT2D eigenvalue weighted by atomic mass is 10.1. The van der Waals surface area contributed by atoms with Crippen LogP contribution >= 0.6 is 0 Å². The standard InChI is InChI=1S/C15H23NO2/c1-4-18-14-7-5-13(6-8-14)11-15(17)16-10-9-12(2)3/h5-8,12H,4,9-11H2,1-3H3,(H,16,17). The van der Waals surface area contributed by atoms with E-state index in [1.165, 1.54) is 0 Å². The molecule has 18 heavy (non-hydrogen) atoms. The van der Waals surface area contributed by atoms with Gasteiger partial charge in [-0.15, -0.1) is 0 Å². The fourth-order valence-corrected chi connectivity index (χ4v) is 1.62. The molecule has 0 fully saturated rings. The molecule has 1 N–H and O–H groups in total. The summed E-state index contributed by atoms with van der Waals surface area (Å²) in [7, 11) is 0. The van der Waals surface area contributed by atoms with Gasteiger partial charge in [0.25, 0.3) is 0 Å². The van der Waals surface area contributed by atoms with Gasteiger partial charge in [0.2, 0.25) is 5.91 Å². The fourth-order valence-electron chi connectivity index (χ4n) is 1.62. The van der Waals surface area contributed by atoms with Crippen LogP contribution in [0.5, 0.6) is 5.75 Å². The van der Waals surface area contributed by atoms with Crippen molar-refractivity contribution >= 4 is 5.91 Å². The van der Waals surface area contributed by atoms with E-state index in [0.29, 0.717) is 18.9 Å². The molecule has 1 aromatic carbocycles. The molecule has 0 saturated carbocycles. The first kappa shape index (κ1) is 14.6. The average molecular weight is 249 g/mol. The second-order valence-electron chi connectivity index (χ2n) is 4.79. The highest BCUT2D eigenvalue weighted by Crippen LogP contribution is 2.12. The van der Waals surface area contributed by atoms with Gasteiger partial charge in [-0.05, 0) is 37.0 Å². The smallest absolute Gasteiger partial charge is 0.224 e. The summed E-state index contributed by atoms with van der Waals surface area (Å²) in [6.07, 6.45) is 1.46. The number of carbonyl (C=O) groups excluding carboxylic acids is 1. The van der Waals surface area contributed by atoms with Gasteiger partial charge in [0.15, 0.2) is 0 Å². The summed E-state index contributed by atoms with van der Waals surface area (Å²) < 4.78 is 5.36. The van der Waals surface area contributed by atoms with Crippen molar-refractivity contribution in [2.45, 2.75) is 33.6 Å². The first-order chi connectivity index (χ1) is 8.61. The van der Waals surface area contributed by atoms with Gasteiger partial charge >= 0.3 is 0 Å². The van der Waals surface area contributed by atoms with E-state index < -0.39 is 0 Å². The van der Waals surface area contributed by atoms with E-state index in [1.54, 1.807) is 0 Å². The monoisotopic (exact) mass is 249 g/mol. The van der Waals surface area contributed by atoms with E-state index in [0.717, 1.165) is 24.3 Å². The lowest BCUT2D eigenvalue weighted by Gasteiger charge is -2.08. The zero-order valence-electron chi connectivity index (χ0n) is 11.5. The van der Waals surface area contributed by atoms with Crippen molar-refractivity contribution < 1.29 is 9.53 Å². The highest BCUT2D eigenvalue weighted by molar-refractivity contribution is 5.78. The molecule has 1 amide bonds. The average Bonchev–Trinajstić information content (AvgIpc) is 2.31. The van der Waals surface area contributed by atoms with Crippen molar-refractivity contribution in [3.8, 4) is 5.75 Å². The zero-order chi connectivity index (χ0) is 13.4. The Hall–Kier alpha value is -1.51. The quantitative estimate of drug-likeness (QED) is 0.807. The van der Waals surface area contributed by atoms with Gasteiger partial charge in [0.1, 0.15) is 5.75 Å². The summed E-state index contributed by atoms with van der Waals surface area (Å²) in [5.41, 5.74) is 1.01. The molecule has 0 aromatic heterocycles. The van der Waals surface area contributed by atoms with Crippen molar-refractivity contribution in [1.29, 1.82) is 0 Å². The van der Waals surface area contributed by atoms with Gasteiger partial charge in [0.05, 0.1) is 13.0 Å². The maximum absolute atomic E-state index is 11.7. The summed E-state index contributed by atoms with van der Waals surface area (Å²) in [4.78, 5) is 11.7. The number of nitrogens with one attached hydrogen (secondary N) is 1. The topological polar surface area (TPSA) is 38.3 Å². The van der Waals surface area contributed by atoms with Gasteiger partial charge in [-0.1, -0.05) is 26.0 Å². The van der Waals surface area contributed by atoms with Crippen LogP contribution in [0.25, 0.3) is 0 Å². The number of rotatable bonds is 7. The van der Waals surface area contributed by atoms with Gasteiger partial charge in [-0.3, -0.25) is 4.79 Å². The summed E-state index contributed by atoms with van der Waals surface area (Å²) in [5.74, 6) is 1.55. The fraction of sp³-hybridized carbons (Fsp3) is 0.533. The van der Waals surface area contributed by atoms with E-state index in [4.69, 9.17) is 4.74 Å². The minimum atomic E-state index is 0.0832. The highest BCUT2D eigenvalue weighted by atomic mass is 16.5. The molecular formula is C15H23NO2. The largest absolute Gasteiger partial charge is 0.494 e. The second kappa shape index (κ2) is 7.75. The molecular weight excluding hydrogens is 226 g/mol. The molecule has 1 rings (SSSR count). The number of ether oxygens (including phenoxy) is 1. The van der Waals surface area contributed by atoms with Crippen LogP contribution in [0, 0.1) is 5.92 Å². The second-order valence-corrected chi connectivity index (χ2v) is 4.79. The van der Waals surface area contributed by atoms with Crippen molar-refractivity contribution in [2.75, 3.05) is 13.2 Å². The third kappa shape index (κ3) is 5.71. The van der Waals surface area contributed by atoms with E-state index in [2.05, 4.69) is 19.2 Å². The zero-order valence-corrected chi connectivity index (χ0v) is 11.5. The molecule has 3 nitrogen and oxygen atoms in total. The Kier molecular flexibility index (Phi) is 6.26. The molecule has 3 heteroatoms. The first-order valence-corrected chi connectivity index (χ1v) is 6.60. The molecule has 1 aromatic rings. The predicted octanol–water partition coefficient (Wildman–Crippen LogP) is 2.79. The highest BCUT2D eigenvalue weighted by Gasteiger charge is 2.03. The lowest BCUT2D eigenvalue weighted by molar-refractivity contribution is -0.120. The molecule has 100 valence electrons. The lowest BCUT2D eigenvalue weighted by Crippen LogP contribution is -2.26. The van der Waals surface area contributed by atoms with Crippen LogP contribution in [-0.4, -0.2) is 19.1 Å². The minimum Gasteiger partial charge on any atom is -0.494 e. The number of benzene rings is 1. The van der Waals surface area contributed by atoms with Crippen molar-refractivity contribution in [3.05, 3.63) is 29.8 Å². The SMILES string of the molecule is CCOc1ccc(CC(=O)NCCC(C)C)cc1. The van der Waals surface area contributed by atoms with Crippen LogP contribution in [0.2, 0.25) is 0 Å². The van der Waals surface area contributed by atoms with E-state index in [-0.39, 0.29) is 5.91 Å². The summed E-state index contributed by atoms with van der Waals surface area (Å²) in [6, 6.07) is 7.68. The third-order valence-corrected chi connectivity index (χ3v) is 2.64. The number of hydrogen-bond acceptors (Lipinski definition) is 2. The van der Waals surface area contributed by atoms with E-state index >= 15 is 0 Å². The van der Waals surface area contributed by atoms with Crippen molar-refractivity contribution in [1.82, 2.24) is 5.32 Å². The number of hydrogen-bond donors (Lipinski definition) is 1. The van der Waals surface area contributed by atoms with Gasteiger partial charge < -0.3 is 10.1 Å². The number of carbonyl (C=O) groups is 1. The first-order valence-electron chi connectivity index (χ1n) is 6.60. The summed E-state index contributed by atoms with van der Waals surface area (Å²) in [5, 5.41) is 2.93. The Morgan fingerprint density at radius 3 is 2.50 bits per heavy atom. The van der Waals surface area contributed by atoms with E-state index in [1.807, 2.05) is 31.2 Å². The van der Waals surface area contributed by atoms with Crippen LogP contribution in [0.1, 0.15) is 32.8 Å². The molecule has 0 atom stereocenters. The Morgan fingerprint density at radius 1 is 1.28 bits per heavy atom. The molecule has 0 heterocycles. The van der Waals surface area contributed by atoms with Crippen LogP contribution in [0.4, 0.5) is 0 Å². The minimum absolute atomic E-state index is 0.0832. The predicted molar refractivity (Wildman–Crippen MR) is 73.8 cm³/mol. The molecule has 0 radical (unpaired) electrons. The normalized spacial score (nSPS) is 10.4.